The van der Waals surface area contributed by atoms with Crippen LogP contribution in [-0.2, 0) is 6.54 Å². The molecule has 0 aliphatic carbocycles. The second-order valence-corrected chi connectivity index (χ2v) is 6.93. The summed E-state index contributed by atoms with van der Waals surface area (Å²) in [6.45, 7) is 0.717. The van der Waals surface area contributed by atoms with Gasteiger partial charge < -0.3 is 14.3 Å². The fourth-order valence-corrected chi connectivity index (χ4v) is 3.27. The number of nitrogens with zero attached hydrogens (tertiary/aromatic N) is 3. The highest BCUT2D eigenvalue weighted by Gasteiger charge is 2.12. The number of carbonyl (C=O) groups excluding carboxylic acids is 1. The Morgan fingerprint density at radius 2 is 1.87 bits per heavy atom. The predicted octanol–water partition coefficient (Wildman–Crippen LogP) is 4.99. The second kappa shape index (κ2) is 7.67. The topological polar surface area (TPSA) is 73.0 Å². The van der Waals surface area contributed by atoms with E-state index < -0.39 is 0 Å². The molecule has 0 aliphatic rings. The van der Waals surface area contributed by atoms with Crippen molar-refractivity contribution >= 4 is 22.7 Å². The first-order valence-electron chi connectivity index (χ1n) is 9.58. The van der Waals surface area contributed by atoms with Crippen LogP contribution >= 0.6 is 0 Å². The Labute approximate surface area is 172 Å². The average Bonchev–Trinajstić information content (AvgIpc) is 3.42. The van der Waals surface area contributed by atoms with Crippen LogP contribution in [0.4, 0.5) is 5.69 Å². The highest BCUT2D eigenvalue weighted by atomic mass is 16.3. The van der Waals surface area contributed by atoms with Gasteiger partial charge in [0.25, 0.3) is 5.91 Å². The van der Waals surface area contributed by atoms with Crippen molar-refractivity contribution in [1.29, 1.82) is 0 Å². The lowest BCUT2D eigenvalue weighted by Crippen LogP contribution is -2.11. The van der Waals surface area contributed by atoms with Gasteiger partial charge in [-0.25, -0.2) is 4.98 Å². The van der Waals surface area contributed by atoms with E-state index in [1.54, 1.807) is 12.3 Å². The van der Waals surface area contributed by atoms with Gasteiger partial charge in [0, 0.05) is 36.9 Å². The number of amides is 1. The SMILES string of the molecule is O=C(Nc1ccc2nc(-c3ccccn3)oc2c1)c1ccn(Cc2ccccc2)c1. The van der Waals surface area contributed by atoms with E-state index in [1.807, 2.05) is 71.6 Å². The van der Waals surface area contributed by atoms with Crippen LogP contribution in [0, 0.1) is 0 Å². The minimum Gasteiger partial charge on any atom is -0.435 e. The minimum atomic E-state index is -0.175. The molecule has 0 saturated heterocycles. The van der Waals surface area contributed by atoms with Crippen LogP contribution in [0.3, 0.4) is 0 Å². The van der Waals surface area contributed by atoms with Gasteiger partial charge in [-0.1, -0.05) is 36.4 Å². The van der Waals surface area contributed by atoms with Crippen LogP contribution in [0.15, 0.2) is 95.8 Å². The fraction of sp³-hybridized carbons (Fsp3) is 0.0417. The van der Waals surface area contributed by atoms with E-state index in [-0.39, 0.29) is 5.91 Å². The molecule has 3 aromatic heterocycles. The Hall–Kier alpha value is -4.19. The number of anilines is 1. The van der Waals surface area contributed by atoms with Gasteiger partial charge >= 0.3 is 0 Å². The van der Waals surface area contributed by atoms with Crippen LogP contribution in [0.1, 0.15) is 15.9 Å². The molecule has 0 spiro atoms. The third-order valence-electron chi connectivity index (χ3n) is 4.75. The molecule has 146 valence electrons. The molecule has 1 N–H and O–H groups in total. The number of pyridine rings is 1. The molecule has 0 unspecified atom stereocenters. The summed E-state index contributed by atoms with van der Waals surface area (Å²) in [6.07, 6.45) is 5.44. The number of hydrogen-bond acceptors (Lipinski definition) is 4. The Morgan fingerprint density at radius 1 is 1.00 bits per heavy atom. The van der Waals surface area contributed by atoms with Gasteiger partial charge in [-0.15, -0.1) is 0 Å². The van der Waals surface area contributed by atoms with Crippen molar-refractivity contribution in [2.24, 2.45) is 0 Å². The lowest BCUT2D eigenvalue weighted by Gasteiger charge is -2.04. The summed E-state index contributed by atoms with van der Waals surface area (Å²) in [5, 5.41) is 2.92. The Kier molecular flexibility index (Phi) is 4.57. The number of nitrogens with one attached hydrogen (secondary N) is 1. The number of rotatable bonds is 5. The fourth-order valence-electron chi connectivity index (χ4n) is 3.27. The van der Waals surface area contributed by atoms with E-state index in [4.69, 9.17) is 4.42 Å². The first-order chi connectivity index (χ1) is 14.7. The molecule has 5 aromatic rings. The quantitative estimate of drug-likeness (QED) is 0.456. The second-order valence-electron chi connectivity index (χ2n) is 6.93. The highest BCUT2D eigenvalue weighted by molar-refractivity contribution is 6.04. The summed E-state index contributed by atoms with van der Waals surface area (Å²) in [5.41, 5.74) is 4.39. The standard InChI is InChI=1S/C24H18N4O2/c29-23(18-11-13-28(16-18)15-17-6-2-1-3-7-17)26-19-9-10-20-22(14-19)30-24(27-20)21-8-4-5-12-25-21/h1-14,16H,15H2,(H,26,29). The van der Waals surface area contributed by atoms with Crippen LogP contribution < -0.4 is 5.32 Å². The summed E-state index contributed by atoms with van der Waals surface area (Å²) >= 11 is 0. The van der Waals surface area contributed by atoms with Crippen LogP contribution in [0.25, 0.3) is 22.7 Å². The van der Waals surface area contributed by atoms with Crippen LogP contribution in [-0.4, -0.2) is 20.4 Å². The molecule has 0 aliphatic heterocycles. The maximum Gasteiger partial charge on any atom is 0.257 e. The molecule has 5 rings (SSSR count). The van der Waals surface area contributed by atoms with E-state index in [2.05, 4.69) is 27.4 Å². The zero-order valence-electron chi connectivity index (χ0n) is 16.0. The Morgan fingerprint density at radius 3 is 2.70 bits per heavy atom. The summed E-state index contributed by atoms with van der Waals surface area (Å²) in [5.74, 6) is 0.276. The van der Waals surface area contributed by atoms with Crippen molar-refractivity contribution in [3.8, 4) is 11.6 Å². The third kappa shape index (κ3) is 3.71. The molecule has 0 atom stereocenters. The molecule has 0 bridgehead atoms. The summed E-state index contributed by atoms with van der Waals surface area (Å²) in [7, 11) is 0. The van der Waals surface area contributed by atoms with Crippen molar-refractivity contribution in [2.75, 3.05) is 5.32 Å². The van der Waals surface area contributed by atoms with Crippen molar-refractivity contribution in [3.05, 3.63) is 103 Å². The normalized spacial score (nSPS) is 10.9. The molecule has 6 heteroatoms. The van der Waals surface area contributed by atoms with E-state index in [0.717, 1.165) is 0 Å². The van der Waals surface area contributed by atoms with Crippen LogP contribution in [0.2, 0.25) is 0 Å². The average molecular weight is 394 g/mol. The van der Waals surface area contributed by atoms with Gasteiger partial charge in [-0.05, 0) is 35.9 Å². The van der Waals surface area contributed by atoms with Gasteiger partial charge in [0.1, 0.15) is 11.2 Å². The lowest BCUT2D eigenvalue weighted by molar-refractivity contribution is 0.102. The zero-order valence-corrected chi connectivity index (χ0v) is 16.0. The van der Waals surface area contributed by atoms with Crippen molar-refractivity contribution in [2.45, 2.75) is 6.54 Å². The molecule has 30 heavy (non-hydrogen) atoms. The number of carbonyl (C=O) groups is 1. The van der Waals surface area contributed by atoms with Crippen molar-refractivity contribution in [1.82, 2.24) is 14.5 Å². The summed E-state index contributed by atoms with van der Waals surface area (Å²) in [6, 6.07) is 22.9. The molecular formula is C24H18N4O2. The predicted molar refractivity (Wildman–Crippen MR) is 115 cm³/mol. The molecular weight excluding hydrogens is 376 g/mol. The zero-order chi connectivity index (χ0) is 20.3. The van der Waals surface area contributed by atoms with Crippen LogP contribution in [0.5, 0.6) is 0 Å². The molecule has 2 aromatic carbocycles. The monoisotopic (exact) mass is 394 g/mol. The van der Waals surface area contributed by atoms with E-state index in [1.165, 1.54) is 5.56 Å². The molecule has 0 saturated carbocycles. The van der Waals surface area contributed by atoms with Gasteiger partial charge in [-0.2, -0.15) is 0 Å². The molecule has 3 heterocycles. The molecule has 0 fully saturated rings. The first kappa shape index (κ1) is 17.9. The van der Waals surface area contributed by atoms with Crippen molar-refractivity contribution in [3.63, 3.8) is 0 Å². The number of aromatic nitrogens is 3. The molecule has 0 radical (unpaired) electrons. The first-order valence-corrected chi connectivity index (χ1v) is 9.58. The van der Waals surface area contributed by atoms with Gasteiger partial charge in [0.05, 0.1) is 5.56 Å². The molecule has 1 amide bonds. The number of fused-ring (bicyclic) bond motifs is 1. The summed E-state index contributed by atoms with van der Waals surface area (Å²) < 4.78 is 7.81. The Balaban J connectivity index is 1.32. The third-order valence-corrected chi connectivity index (χ3v) is 4.75. The smallest absolute Gasteiger partial charge is 0.257 e. The largest absolute Gasteiger partial charge is 0.435 e. The van der Waals surface area contributed by atoms with E-state index in [9.17, 15) is 4.79 Å². The van der Waals surface area contributed by atoms with Gasteiger partial charge in [0.2, 0.25) is 5.89 Å². The summed E-state index contributed by atoms with van der Waals surface area (Å²) in [4.78, 5) is 21.4. The number of oxazole rings is 1. The maximum atomic E-state index is 12.7. The van der Waals surface area contributed by atoms with Crippen molar-refractivity contribution < 1.29 is 9.21 Å². The maximum absolute atomic E-state index is 12.7. The number of hydrogen-bond donors (Lipinski definition) is 1. The minimum absolute atomic E-state index is 0.175. The van der Waals surface area contributed by atoms with E-state index >= 15 is 0 Å². The highest BCUT2D eigenvalue weighted by Crippen LogP contribution is 2.25. The van der Waals surface area contributed by atoms with E-state index in [0.29, 0.717) is 40.5 Å². The molecule has 6 nitrogen and oxygen atoms in total. The number of benzene rings is 2. The van der Waals surface area contributed by atoms with Gasteiger partial charge in [-0.3, -0.25) is 9.78 Å². The Bertz CT molecular complexity index is 1310. The van der Waals surface area contributed by atoms with Gasteiger partial charge in [0.15, 0.2) is 5.58 Å². The lowest BCUT2D eigenvalue weighted by atomic mass is 10.2.